The summed E-state index contributed by atoms with van der Waals surface area (Å²) in [6.07, 6.45) is 1.45. The number of nitrogens with one attached hydrogen (secondary N) is 3. The number of carbonyl (C=O) groups is 4. The van der Waals surface area contributed by atoms with Crippen LogP contribution in [-0.4, -0.2) is 66.7 Å². The van der Waals surface area contributed by atoms with Crippen molar-refractivity contribution in [2.75, 3.05) is 20.1 Å². The first kappa shape index (κ1) is 27.1. The molecule has 0 radical (unpaired) electrons. The van der Waals surface area contributed by atoms with E-state index >= 15 is 0 Å². The molecule has 0 aliphatic carbocycles. The first-order valence-electron chi connectivity index (χ1n) is 12.5. The van der Waals surface area contributed by atoms with Crippen molar-refractivity contribution in [3.05, 3.63) is 71.8 Å². The summed E-state index contributed by atoms with van der Waals surface area (Å²) in [4.78, 5) is 53.1. The molecule has 1 fully saturated rings. The van der Waals surface area contributed by atoms with Gasteiger partial charge in [0, 0.05) is 18.9 Å². The Kier molecular flexibility index (Phi) is 9.76. The Morgan fingerprint density at radius 1 is 0.972 bits per heavy atom. The van der Waals surface area contributed by atoms with Gasteiger partial charge in [-0.3, -0.25) is 19.2 Å². The second-order valence-corrected chi connectivity index (χ2v) is 9.08. The highest BCUT2D eigenvalue weighted by Gasteiger charge is 2.38. The summed E-state index contributed by atoms with van der Waals surface area (Å²) >= 11 is 0. The Bertz CT molecular complexity index is 1000. The van der Waals surface area contributed by atoms with E-state index in [0.29, 0.717) is 19.4 Å². The largest absolute Gasteiger partial charge is 0.346 e. The average Bonchev–Trinajstić information content (AvgIpc) is 3.42. The van der Waals surface area contributed by atoms with Crippen LogP contribution >= 0.6 is 0 Å². The number of likely N-dealkylation sites (tertiary alicyclic amines) is 1. The normalized spacial score (nSPS) is 16.9. The first-order valence-corrected chi connectivity index (χ1v) is 12.5. The molecule has 3 atom stereocenters. The Morgan fingerprint density at radius 3 is 2.08 bits per heavy atom. The highest BCUT2D eigenvalue weighted by atomic mass is 16.2. The van der Waals surface area contributed by atoms with Crippen LogP contribution in [0.2, 0.25) is 0 Å². The van der Waals surface area contributed by atoms with Crippen LogP contribution in [-0.2, 0) is 19.2 Å². The van der Waals surface area contributed by atoms with Crippen LogP contribution in [0.25, 0.3) is 0 Å². The minimum Gasteiger partial charge on any atom is -0.346 e. The number of ketones is 1. The smallest absolute Gasteiger partial charge is 0.243 e. The highest BCUT2D eigenvalue weighted by molar-refractivity contribution is 5.95. The Hall–Kier alpha value is -3.52. The van der Waals surface area contributed by atoms with Gasteiger partial charge >= 0.3 is 0 Å². The lowest BCUT2D eigenvalue weighted by Crippen LogP contribution is -2.54. The van der Waals surface area contributed by atoms with Gasteiger partial charge in [0.05, 0.1) is 18.6 Å². The van der Waals surface area contributed by atoms with Crippen molar-refractivity contribution in [2.24, 2.45) is 0 Å². The van der Waals surface area contributed by atoms with E-state index in [0.717, 1.165) is 11.1 Å². The van der Waals surface area contributed by atoms with E-state index in [4.69, 9.17) is 0 Å². The van der Waals surface area contributed by atoms with Gasteiger partial charge in [0.1, 0.15) is 6.04 Å². The van der Waals surface area contributed by atoms with Crippen LogP contribution in [0, 0.1) is 0 Å². The van der Waals surface area contributed by atoms with Gasteiger partial charge in [-0.05, 0) is 37.9 Å². The van der Waals surface area contributed by atoms with E-state index in [1.807, 2.05) is 60.7 Å². The van der Waals surface area contributed by atoms with Gasteiger partial charge in [0.2, 0.25) is 17.7 Å². The molecule has 8 heteroatoms. The van der Waals surface area contributed by atoms with Crippen molar-refractivity contribution in [3.63, 3.8) is 0 Å². The van der Waals surface area contributed by atoms with Gasteiger partial charge in [-0.25, -0.2) is 0 Å². The molecule has 1 aliphatic rings. The summed E-state index contributed by atoms with van der Waals surface area (Å²) in [5, 5.41) is 8.45. The number of Topliss-reactive ketones (excluding diaryl/α,β-unsaturated/α-hetero) is 1. The number of hydrogen-bond acceptors (Lipinski definition) is 5. The molecule has 1 heterocycles. The van der Waals surface area contributed by atoms with Gasteiger partial charge in [0.25, 0.3) is 0 Å². The number of likely N-dealkylation sites (N-methyl/N-ethyl adjacent to an activating group) is 1. The van der Waals surface area contributed by atoms with Gasteiger partial charge in [0.15, 0.2) is 5.78 Å². The number of amides is 3. The molecule has 0 spiro atoms. The Balaban J connectivity index is 1.81. The van der Waals surface area contributed by atoms with E-state index in [9.17, 15) is 19.2 Å². The molecule has 1 saturated heterocycles. The van der Waals surface area contributed by atoms with Gasteiger partial charge < -0.3 is 20.9 Å². The summed E-state index contributed by atoms with van der Waals surface area (Å²) in [6, 6.07) is 17.4. The van der Waals surface area contributed by atoms with Crippen LogP contribution in [0.4, 0.5) is 0 Å². The maximum atomic E-state index is 13.5. The quantitative estimate of drug-likeness (QED) is 0.445. The SMILES string of the molecule is CCC(=O)C(NC(=O)[C@@H]1CCCN1C(=O)CNC(=O)C(C)NC)C(c1ccccc1)c1ccccc1. The third kappa shape index (κ3) is 6.57. The fourth-order valence-corrected chi connectivity index (χ4v) is 4.60. The molecule has 192 valence electrons. The van der Waals surface area contributed by atoms with Crippen molar-refractivity contribution in [1.29, 1.82) is 0 Å². The molecule has 3 N–H and O–H groups in total. The Labute approximate surface area is 212 Å². The van der Waals surface area contributed by atoms with Crippen LogP contribution < -0.4 is 16.0 Å². The minimum atomic E-state index is -0.777. The lowest BCUT2D eigenvalue weighted by molar-refractivity contribution is -0.139. The molecule has 8 nitrogen and oxygen atoms in total. The van der Waals surface area contributed by atoms with Crippen molar-refractivity contribution in [2.45, 2.75) is 57.2 Å². The van der Waals surface area contributed by atoms with E-state index < -0.39 is 18.1 Å². The van der Waals surface area contributed by atoms with E-state index in [1.165, 1.54) is 4.90 Å². The molecule has 3 rings (SSSR count). The number of carbonyl (C=O) groups excluding carboxylic acids is 4. The molecule has 3 amide bonds. The molecular weight excluding hydrogens is 456 g/mol. The minimum absolute atomic E-state index is 0.0785. The van der Waals surface area contributed by atoms with Gasteiger partial charge in [-0.2, -0.15) is 0 Å². The summed E-state index contributed by atoms with van der Waals surface area (Å²) < 4.78 is 0. The molecule has 0 saturated carbocycles. The molecule has 0 bridgehead atoms. The summed E-state index contributed by atoms with van der Waals surface area (Å²) in [5.41, 5.74) is 1.85. The van der Waals surface area contributed by atoms with Crippen molar-refractivity contribution >= 4 is 23.5 Å². The molecule has 1 aliphatic heterocycles. The maximum Gasteiger partial charge on any atom is 0.243 e. The zero-order chi connectivity index (χ0) is 26.1. The molecule has 2 aromatic rings. The summed E-state index contributed by atoms with van der Waals surface area (Å²) in [5.74, 6) is -1.39. The third-order valence-corrected chi connectivity index (χ3v) is 6.76. The molecule has 2 aromatic carbocycles. The maximum absolute atomic E-state index is 13.5. The highest BCUT2D eigenvalue weighted by Crippen LogP contribution is 2.30. The zero-order valence-electron chi connectivity index (χ0n) is 21.2. The fourth-order valence-electron chi connectivity index (χ4n) is 4.60. The summed E-state index contributed by atoms with van der Waals surface area (Å²) in [6.45, 7) is 3.74. The van der Waals surface area contributed by atoms with Crippen LogP contribution in [0.5, 0.6) is 0 Å². The number of nitrogens with zero attached hydrogens (tertiary/aromatic N) is 1. The predicted molar refractivity (Wildman–Crippen MR) is 138 cm³/mol. The molecule has 2 unspecified atom stereocenters. The molecule has 0 aromatic heterocycles. The number of rotatable bonds is 11. The van der Waals surface area contributed by atoms with E-state index in [2.05, 4.69) is 16.0 Å². The number of benzene rings is 2. The van der Waals surface area contributed by atoms with Crippen LogP contribution in [0.1, 0.15) is 50.2 Å². The Morgan fingerprint density at radius 2 is 1.56 bits per heavy atom. The molecule has 36 heavy (non-hydrogen) atoms. The predicted octanol–water partition coefficient (Wildman–Crippen LogP) is 2.00. The van der Waals surface area contributed by atoms with Crippen LogP contribution in [0.3, 0.4) is 0 Å². The van der Waals surface area contributed by atoms with Gasteiger partial charge in [-0.15, -0.1) is 0 Å². The standard InChI is InChI=1S/C28H36N4O4/c1-4-23(33)26(25(20-12-7-5-8-13-20)21-14-9-6-10-15-21)31-28(36)22-16-11-17-32(22)24(34)18-30-27(35)19(2)29-3/h5-10,12-15,19,22,25-26,29H,4,11,16-18H2,1-3H3,(H,30,35)(H,31,36)/t19?,22-,26?/m0/s1. The van der Waals surface area contributed by atoms with Crippen molar-refractivity contribution in [1.82, 2.24) is 20.9 Å². The second-order valence-electron chi connectivity index (χ2n) is 9.08. The zero-order valence-corrected chi connectivity index (χ0v) is 21.2. The van der Waals surface area contributed by atoms with Crippen molar-refractivity contribution in [3.8, 4) is 0 Å². The molecular formula is C28H36N4O4. The summed E-state index contributed by atoms with van der Waals surface area (Å²) in [7, 11) is 1.67. The number of hydrogen-bond donors (Lipinski definition) is 3. The lowest BCUT2D eigenvalue weighted by atomic mass is 9.82. The van der Waals surface area contributed by atoms with Crippen LogP contribution in [0.15, 0.2) is 60.7 Å². The average molecular weight is 493 g/mol. The third-order valence-electron chi connectivity index (χ3n) is 6.76. The van der Waals surface area contributed by atoms with Gasteiger partial charge in [-0.1, -0.05) is 67.6 Å². The van der Waals surface area contributed by atoms with Crippen molar-refractivity contribution < 1.29 is 19.2 Å². The monoisotopic (exact) mass is 492 g/mol. The van der Waals surface area contributed by atoms with E-state index in [-0.39, 0.29) is 42.4 Å². The second kappa shape index (κ2) is 13.0. The lowest BCUT2D eigenvalue weighted by Gasteiger charge is -2.31. The first-order chi connectivity index (χ1) is 17.4. The fraction of sp³-hybridized carbons (Fsp3) is 0.429. The topological polar surface area (TPSA) is 108 Å². The van der Waals surface area contributed by atoms with E-state index in [1.54, 1.807) is 20.9 Å².